The number of halogens is 13. The first-order valence-corrected chi connectivity index (χ1v) is 16.4. The molecule has 54 heavy (non-hydrogen) atoms. The minimum Gasteiger partial charge on any atom is -0.429 e. The highest BCUT2D eigenvalue weighted by Crippen LogP contribution is 2.37. The van der Waals surface area contributed by atoms with Gasteiger partial charge >= 0.3 is 6.11 Å². The molecule has 0 bridgehead atoms. The van der Waals surface area contributed by atoms with Gasteiger partial charge in [-0.25, -0.2) is 45.1 Å². The lowest BCUT2D eigenvalue weighted by atomic mass is 10.0. The van der Waals surface area contributed by atoms with Crippen LogP contribution >= 0.6 is 39.1 Å². The van der Waals surface area contributed by atoms with E-state index in [1.54, 1.807) is 13.8 Å². The van der Waals surface area contributed by atoms with E-state index in [-0.39, 0.29) is 22.4 Å². The van der Waals surface area contributed by atoms with Crippen LogP contribution in [0.25, 0.3) is 11.3 Å². The first-order valence-electron chi connectivity index (χ1n) is 14.8. The smallest absolute Gasteiger partial charge is 0.429 e. The van der Waals surface area contributed by atoms with Crippen molar-refractivity contribution in [3.05, 3.63) is 139 Å². The zero-order valence-electron chi connectivity index (χ0n) is 27.9. The zero-order chi connectivity index (χ0) is 40.7. The molecule has 0 aliphatic rings. The molecule has 0 amide bonds. The molecule has 0 aliphatic heterocycles. The summed E-state index contributed by atoms with van der Waals surface area (Å²) in [5.74, 6) is -4.85. The molecule has 5 rings (SSSR count). The SMILES string of the molecule is C#CC.CC#Cc1cnc(Cl)c(F)c1.CCCc1cnc(-c2cc(F)c(C(F)(F)Oc3cc(F)c(F)c(F)c3)c(F)c2)c(F)c1.Fc1cc(Br)cnc1Cl. The Kier molecular flexibility index (Phi) is 17.8. The van der Waals surface area contributed by atoms with E-state index in [1.807, 2.05) is 6.92 Å². The number of ether oxygens (including phenoxy) is 1. The summed E-state index contributed by atoms with van der Waals surface area (Å²) in [7, 11) is 0. The van der Waals surface area contributed by atoms with Crippen LogP contribution in [0.15, 0.2) is 65.5 Å². The van der Waals surface area contributed by atoms with Crippen molar-refractivity contribution in [3.8, 4) is 41.2 Å². The standard InChI is InChI=1S/C21H13F8NO.C8H5ClFN.C5H2BrClFN.C3H4/c1-2-3-10-4-17(26)20(30-9-10)11-5-13(22)18(14(23)6-11)21(28,29)31-12-7-15(24)19(27)16(25)8-12;1-2-3-6-4-7(10)8(9)11-5-6;6-3-1-4(8)5(7)9-2-3;1-3-2/h4-9H,2-3H2,1H3;4-5H,1H3;1-2H;1H,2H3. The summed E-state index contributed by atoms with van der Waals surface area (Å²) >= 11 is 13.7. The number of aryl methyl sites for hydroxylation is 1. The van der Waals surface area contributed by atoms with Crippen molar-refractivity contribution in [2.24, 2.45) is 0 Å². The molecule has 2 aromatic carbocycles. The number of pyridine rings is 3. The highest BCUT2D eigenvalue weighted by Gasteiger charge is 2.41. The third-order valence-electron chi connectivity index (χ3n) is 6.07. The molecule has 0 fully saturated rings. The van der Waals surface area contributed by atoms with Crippen LogP contribution in [0.1, 0.15) is 43.9 Å². The van der Waals surface area contributed by atoms with Crippen molar-refractivity contribution in [3.63, 3.8) is 0 Å². The van der Waals surface area contributed by atoms with Gasteiger partial charge in [0.15, 0.2) is 39.4 Å². The van der Waals surface area contributed by atoms with Crippen molar-refractivity contribution in [2.75, 3.05) is 0 Å². The average Bonchev–Trinajstić information content (AvgIpc) is 3.08. The van der Waals surface area contributed by atoms with E-state index in [2.05, 4.69) is 59.8 Å². The van der Waals surface area contributed by atoms with E-state index < -0.39 is 75.2 Å². The Morgan fingerprint density at radius 1 is 0.722 bits per heavy atom. The number of terminal acetylenes is 1. The monoisotopic (exact) mass is 865 g/mol. The molecule has 5 aromatic rings. The van der Waals surface area contributed by atoms with Gasteiger partial charge in [0.25, 0.3) is 0 Å². The van der Waals surface area contributed by atoms with E-state index in [9.17, 15) is 43.9 Å². The molecule has 0 spiro atoms. The minimum atomic E-state index is -4.74. The van der Waals surface area contributed by atoms with E-state index in [0.717, 1.165) is 6.07 Å². The maximum absolute atomic E-state index is 14.4. The quantitative estimate of drug-likeness (QED) is 0.0738. The van der Waals surface area contributed by atoms with Crippen LogP contribution in [0, 0.1) is 70.7 Å². The summed E-state index contributed by atoms with van der Waals surface area (Å²) in [6.07, 6.45) is 5.24. The second-order valence-corrected chi connectivity index (χ2v) is 11.8. The van der Waals surface area contributed by atoms with Crippen molar-refractivity contribution >= 4 is 39.1 Å². The van der Waals surface area contributed by atoms with Gasteiger partial charge in [0, 0.05) is 46.3 Å². The Labute approximate surface area is 321 Å². The van der Waals surface area contributed by atoms with Crippen molar-refractivity contribution in [2.45, 2.75) is 39.7 Å². The van der Waals surface area contributed by atoms with Crippen molar-refractivity contribution in [1.82, 2.24) is 15.0 Å². The van der Waals surface area contributed by atoms with Crippen LogP contribution in [0.5, 0.6) is 5.75 Å². The van der Waals surface area contributed by atoms with Gasteiger partial charge in [-0.05, 0) is 72.1 Å². The first kappa shape index (κ1) is 45.3. The number of benzene rings is 2. The van der Waals surface area contributed by atoms with E-state index in [0.29, 0.717) is 40.6 Å². The van der Waals surface area contributed by atoms with Gasteiger partial charge < -0.3 is 4.74 Å². The summed E-state index contributed by atoms with van der Waals surface area (Å²) < 4.78 is 141. The van der Waals surface area contributed by atoms with Crippen molar-refractivity contribution < 1.29 is 48.6 Å². The third-order valence-corrected chi connectivity index (χ3v) is 7.06. The largest absolute Gasteiger partial charge is 0.432 e. The van der Waals surface area contributed by atoms with Crippen LogP contribution in [0.3, 0.4) is 0 Å². The normalized spacial score (nSPS) is 10.2. The molecule has 0 atom stereocenters. The maximum Gasteiger partial charge on any atom is 0.432 e. The van der Waals surface area contributed by atoms with Gasteiger partial charge in [-0.3, -0.25) is 4.98 Å². The summed E-state index contributed by atoms with van der Waals surface area (Å²) in [5.41, 5.74) is -1.72. The first-order chi connectivity index (χ1) is 25.4. The molecule has 0 saturated carbocycles. The van der Waals surface area contributed by atoms with E-state index >= 15 is 0 Å². The maximum atomic E-state index is 14.4. The number of alkyl halides is 2. The van der Waals surface area contributed by atoms with E-state index in [1.165, 1.54) is 30.7 Å². The van der Waals surface area contributed by atoms with Crippen LogP contribution in [-0.4, -0.2) is 15.0 Å². The van der Waals surface area contributed by atoms with Crippen LogP contribution in [0.2, 0.25) is 10.3 Å². The second kappa shape index (κ2) is 21.2. The fraction of sp³-hybridized carbons (Fsp3) is 0.162. The average molecular weight is 867 g/mol. The number of nitrogens with zero attached hydrogens (tertiary/aromatic N) is 3. The Hall–Kier alpha value is -4.83. The molecule has 0 aliphatic carbocycles. The highest BCUT2D eigenvalue weighted by atomic mass is 79.9. The molecular formula is C37H24BrCl2F10N3O. The topological polar surface area (TPSA) is 47.9 Å². The predicted octanol–water partition coefficient (Wildman–Crippen LogP) is 12.2. The highest BCUT2D eigenvalue weighted by molar-refractivity contribution is 9.10. The summed E-state index contributed by atoms with van der Waals surface area (Å²) in [6.45, 7) is 5.18. The summed E-state index contributed by atoms with van der Waals surface area (Å²) in [4.78, 5) is 10.9. The van der Waals surface area contributed by atoms with Crippen molar-refractivity contribution in [1.29, 1.82) is 0 Å². The molecule has 284 valence electrons. The molecule has 3 heterocycles. The molecule has 4 nitrogen and oxygen atoms in total. The fourth-order valence-electron chi connectivity index (χ4n) is 3.93. The van der Waals surface area contributed by atoms with Gasteiger partial charge in [0.1, 0.15) is 34.5 Å². The van der Waals surface area contributed by atoms with Crippen LogP contribution in [0.4, 0.5) is 43.9 Å². The van der Waals surface area contributed by atoms with Gasteiger partial charge in [-0.1, -0.05) is 42.5 Å². The Bertz CT molecular complexity index is 2140. The lowest BCUT2D eigenvalue weighted by Crippen LogP contribution is -2.25. The molecule has 0 unspecified atom stereocenters. The van der Waals surface area contributed by atoms with Crippen LogP contribution in [-0.2, 0) is 12.5 Å². The molecule has 0 saturated heterocycles. The molecule has 0 radical (unpaired) electrons. The summed E-state index contributed by atoms with van der Waals surface area (Å²) in [5, 5.41) is -0.218. The Balaban J connectivity index is 0.000000354. The minimum absolute atomic E-state index is 0.0909. The molecule has 17 heteroatoms. The third kappa shape index (κ3) is 13.2. The Morgan fingerprint density at radius 2 is 1.26 bits per heavy atom. The van der Waals surface area contributed by atoms with Gasteiger partial charge in [0.05, 0.1) is 0 Å². The fourth-order valence-corrected chi connectivity index (χ4v) is 4.44. The lowest BCUT2D eigenvalue weighted by molar-refractivity contribution is -0.189. The zero-order valence-corrected chi connectivity index (χ0v) is 31.0. The number of hydrogen-bond donors (Lipinski definition) is 0. The van der Waals surface area contributed by atoms with Gasteiger partial charge in [-0.15, -0.1) is 18.3 Å². The predicted molar refractivity (Wildman–Crippen MR) is 188 cm³/mol. The van der Waals surface area contributed by atoms with Gasteiger partial charge in [-0.2, -0.15) is 8.78 Å². The Morgan fingerprint density at radius 3 is 1.72 bits per heavy atom. The molecule has 0 N–H and O–H groups in total. The summed E-state index contributed by atoms with van der Waals surface area (Å²) in [6, 6.07) is 4.66. The van der Waals surface area contributed by atoms with Gasteiger partial charge in [0.2, 0.25) is 0 Å². The van der Waals surface area contributed by atoms with Crippen LogP contribution < -0.4 is 4.74 Å². The van der Waals surface area contributed by atoms with E-state index in [4.69, 9.17) is 23.2 Å². The lowest BCUT2D eigenvalue weighted by Gasteiger charge is -2.20. The molecular weight excluding hydrogens is 843 g/mol. The number of hydrogen-bond acceptors (Lipinski definition) is 4. The molecule has 3 aromatic heterocycles. The number of rotatable bonds is 6. The number of aromatic nitrogens is 3. The second-order valence-electron chi connectivity index (χ2n) is 10.1.